The minimum Gasteiger partial charge on any atom is -0.501 e. The monoisotopic (exact) mass is 224 g/mol. The van der Waals surface area contributed by atoms with Gasteiger partial charge in [0.1, 0.15) is 5.76 Å². The molecule has 0 aromatic heterocycles. The van der Waals surface area contributed by atoms with Crippen LogP contribution in [0.25, 0.3) is 0 Å². The molecule has 1 rings (SSSR count). The van der Waals surface area contributed by atoms with Gasteiger partial charge < -0.3 is 4.74 Å². The lowest BCUT2D eigenvalue weighted by Crippen LogP contribution is -2.08. The van der Waals surface area contributed by atoms with Crippen LogP contribution in [0.2, 0.25) is 0 Å². The minimum absolute atomic E-state index is 0.300. The van der Waals surface area contributed by atoms with Gasteiger partial charge in [-0.2, -0.15) is 0 Å². The van der Waals surface area contributed by atoms with Crippen LogP contribution in [-0.4, -0.2) is 12.9 Å². The molecule has 1 aliphatic rings. The fraction of sp³-hybridized carbons (Fsp3) is 0.786. The van der Waals surface area contributed by atoms with E-state index < -0.39 is 0 Å². The zero-order valence-electron chi connectivity index (χ0n) is 11.0. The zero-order valence-corrected chi connectivity index (χ0v) is 11.0. The van der Waals surface area contributed by atoms with Crippen molar-refractivity contribution < 1.29 is 9.53 Å². The number of carbonyl (C=O) groups excluding carboxylic acids is 1. The first-order valence-corrected chi connectivity index (χ1v) is 6.36. The van der Waals surface area contributed by atoms with Crippen molar-refractivity contribution in [3.63, 3.8) is 0 Å². The van der Waals surface area contributed by atoms with Crippen molar-refractivity contribution in [2.75, 3.05) is 7.11 Å². The summed E-state index contributed by atoms with van der Waals surface area (Å²) in [6, 6.07) is 0. The molecule has 0 spiro atoms. The second kappa shape index (κ2) is 6.07. The normalized spacial score (nSPS) is 18.4. The highest BCUT2D eigenvalue weighted by Crippen LogP contribution is 2.31. The molecule has 16 heavy (non-hydrogen) atoms. The fourth-order valence-electron chi connectivity index (χ4n) is 2.39. The molecule has 0 amide bonds. The van der Waals surface area contributed by atoms with E-state index in [1.54, 1.807) is 7.11 Å². The van der Waals surface area contributed by atoms with Crippen LogP contribution < -0.4 is 0 Å². The van der Waals surface area contributed by atoms with Crippen LogP contribution in [-0.2, 0) is 9.53 Å². The molecule has 0 aromatic rings. The van der Waals surface area contributed by atoms with Crippen molar-refractivity contribution in [3.8, 4) is 0 Å². The predicted octanol–water partition coefficient (Wildman–Crippen LogP) is 3.71. The number of methoxy groups -OCH3 is 1. The number of ketones is 1. The van der Waals surface area contributed by atoms with Crippen LogP contribution >= 0.6 is 0 Å². The second-order valence-corrected chi connectivity index (χ2v) is 5.19. The third-order valence-electron chi connectivity index (χ3n) is 3.34. The second-order valence-electron chi connectivity index (χ2n) is 5.19. The number of allylic oxidation sites excluding steroid dienone is 2. The summed E-state index contributed by atoms with van der Waals surface area (Å²) >= 11 is 0. The molecule has 0 heterocycles. The third-order valence-corrected chi connectivity index (χ3v) is 3.34. The number of hydrogen-bond acceptors (Lipinski definition) is 2. The van der Waals surface area contributed by atoms with Gasteiger partial charge in [0.25, 0.3) is 0 Å². The standard InChI is InChI=1S/C14H24O2/c1-10(2)6-5-7-11(3)14-12(15)8-9-13(14)16-4/h10-11H,5-9H2,1-4H3. The summed E-state index contributed by atoms with van der Waals surface area (Å²) in [5.74, 6) is 2.35. The SMILES string of the molecule is COC1=C(C(C)CCCC(C)C)C(=O)CC1. The predicted molar refractivity (Wildman–Crippen MR) is 66.1 cm³/mol. The van der Waals surface area contributed by atoms with E-state index in [1.165, 1.54) is 12.8 Å². The summed E-state index contributed by atoms with van der Waals surface area (Å²) in [6.45, 7) is 6.63. The van der Waals surface area contributed by atoms with Crippen LogP contribution in [0.4, 0.5) is 0 Å². The van der Waals surface area contributed by atoms with Crippen molar-refractivity contribution in [2.45, 2.75) is 52.9 Å². The Bertz CT molecular complexity index is 276. The molecule has 92 valence electrons. The van der Waals surface area contributed by atoms with E-state index >= 15 is 0 Å². The maximum Gasteiger partial charge on any atom is 0.162 e. The van der Waals surface area contributed by atoms with Crippen molar-refractivity contribution in [2.24, 2.45) is 11.8 Å². The molecule has 1 aliphatic carbocycles. The van der Waals surface area contributed by atoms with Gasteiger partial charge in [0.2, 0.25) is 0 Å². The molecular weight excluding hydrogens is 200 g/mol. The van der Waals surface area contributed by atoms with E-state index in [0.717, 1.165) is 30.1 Å². The average molecular weight is 224 g/mol. The van der Waals surface area contributed by atoms with Gasteiger partial charge in [0.05, 0.1) is 7.11 Å². The van der Waals surface area contributed by atoms with Crippen LogP contribution in [0.5, 0.6) is 0 Å². The first-order chi connectivity index (χ1) is 7.56. The van der Waals surface area contributed by atoms with Crippen molar-refractivity contribution in [3.05, 3.63) is 11.3 Å². The van der Waals surface area contributed by atoms with Crippen LogP contribution in [0.1, 0.15) is 52.9 Å². The van der Waals surface area contributed by atoms with E-state index in [4.69, 9.17) is 4.74 Å². The van der Waals surface area contributed by atoms with Crippen molar-refractivity contribution in [1.29, 1.82) is 0 Å². The van der Waals surface area contributed by atoms with E-state index in [-0.39, 0.29) is 0 Å². The molecule has 0 saturated carbocycles. The maximum atomic E-state index is 11.7. The maximum absolute atomic E-state index is 11.7. The Morgan fingerprint density at radius 2 is 1.88 bits per heavy atom. The molecule has 1 atom stereocenters. The summed E-state index contributed by atoms with van der Waals surface area (Å²) in [6.07, 6.45) is 5.00. The Kier molecular flexibility index (Phi) is 5.04. The number of ether oxygens (including phenoxy) is 1. The van der Waals surface area contributed by atoms with E-state index in [2.05, 4.69) is 20.8 Å². The van der Waals surface area contributed by atoms with Crippen molar-refractivity contribution in [1.82, 2.24) is 0 Å². The van der Waals surface area contributed by atoms with Crippen LogP contribution in [0.3, 0.4) is 0 Å². The summed E-state index contributed by atoms with van der Waals surface area (Å²) in [7, 11) is 1.68. The lowest BCUT2D eigenvalue weighted by molar-refractivity contribution is -0.115. The summed E-state index contributed by atoms with van der Waals surface area (Å²) in [5.41, 5.74) is 0.964. The number of carbonyl (C=O) groups is 1. The Balaban J connectivity index is 2.51. The Labute approximate surface area is 99.1 Å². The highest BCUT2D eigenvalue weighted by molar-refractivity contribution is 5.98. The van der Waals surface area contributed by atoms with E-state index in [0.29, 0.717) is 18.1 Å². The molecule has 0 radical (unpaired) electrons. The molecule has 0 N–H and O–H groups in total. The summed E-state index contributed by atoms with van der Waals surface area (Å²) in [5, 5.41) is 0. The van der Waals surface area contributed by atoms with Gasteiger partial charge in [-0.3, -0.25) is 4.79 Å². The molecule has 2 heteroatoms. The lowest BCUT2D eigenvalue weighted by Gasteiger charge is -2.14. The van der Waals surface area contributed by atoms with Gasteiger partial charge in [-0.25, -0.2) is 0 Å². The quantitative estimate of drug-likeness (QED) is 0.687. The van der Waals surface area contributed by atoms with Gasteiger partial charge in [-0.05, 0) is 18.3 Å². The smallest absolute Gasteiger partial charge is 0.162 e. The van der Waals surface area contributed by atoms with Gasteiger partial charge in [-0.15, -0.1) is 0 Å². The van der Waals surface area contributed by atoms with Crippen molar-refractivity contribution >= 4 is 5.78 Å². The molecule has 0 saturated heterocycles. The zero-order chi connectivity index (χ0) is 12.1. The fourth-order valence-corrected chi connectivity index (χ4v) is 2.39. The molecule has 2 nitrogen and oxygen atoms in total. The van der Waals surface area contributed by atoms with Gasteiger partial charge in [0, 0.05) is 18.4 Å². The Morgan fingerprint density at radius 3 is 2.44 bits per heavy atom. The number of Topliss-reactive ketones (excluding diaryl/α,β-unsaturated/α-hetero) is 1. The topological polar surface area (TPSA) is 26.3 Å². The number of hydrogen-bond donors (Lipinski definition) is 0. The van der Waals surface area contributed by atoms with Crippen LogP contribution in [0.15, 0.2) is 11.3 Å². The largest absolute Gasteiger partial charge is 0.501 e. The molecule has 0 aliphatic heterocycles. The Morgan fingerprint density at radius 1 is 1.19 bits per heavy atom. The highest BCUT2D eigenvalue weighted by Gasteiger charge is 2.27. The molecule has 0 bridgehead atoms. The van der Waals surface area contributed by atoms with Gasteiger partial charge in [-0.1, -0.05) is 33.6 Å². The molecule has 1 unspecified atom stereocenters. The van der Waals surface area contributed by atoms with E-state index in [1.807, 2.05) is 0 Å². The lowest BCUT2D eigenvalue weighted by atomic mass is 9.92. The van der Waals surface area contributed by atoms with Gasteiger partial charge >= 0.3 is 0 Å². The van der Waals surface area contributed by atoms with Crippen LogP contribution in [0, 0.1) is 11.8 Å². The third kappa shape index (κ3) is 3.36. The first-order valence-electron chi connectivity index (χ1n) is 6.36. The molecular formula is C14H24O2. The van der Waals surface area contributed by atoms with E-state index in [9.17, 15) is 4.79 Å². The molecule has 0 aromatic carbocycles. The minimum atomic E-state index is 0.300. The summed E-state index contributed by atoms with van der Waals surface area (Å²) < 4.78 is 5.30. The molecule has 0 fully saturated rings. The Hall–Kier alpha value is -0.790. The average Bonchev–Trinajstić information content (AvgIpc) is 2.58. The first kappa shape index (κ1) is 13.3. The number of rotatable bonds is 6. The van der Waals surface area contributed by atoms with Gasteiger partial charge in [0.15, 0.2) is 5.78 Å². The highest BCUT2D eigenvalue weighted by atomic mass is 16.5. The summed E-state index contributed by atoms with van der Waals surface area (Å²) in [4.78, 5) is 11.7.